The summed E-state index contributed by atoms with van der Waals surface area (Å²) in [7, 11) is -4.04. The minimum atomic E-state index is -4.04. The SMILES string of the molecule is C[C@H](C(=O)Nc1ccccc1S)N1C(=O)c2ccccc2S1(=O)=O. The number of hydrogen-bond acceptors (Lipinski definition) is 5. The van der Waals surface area contributed by atoms with Gasteiger partial charge in [-0.05, 0) is 31.2 Å². The number of thiol groups is 1. The third-order valence-corrected chi connectivity index (χ3v) is 6.05. The molecule has 0 fully saturated rings. The van der Waals surface area contributed by atoms with Crippen LogP contribution in [-0.2, 0) is 14.8 Å². The lowest BCUT2D eigenvalue weighted by atomic mass is 10.2. The van der Waals surface area contributed by atoms with Crippen molar-refractivity contribution in [3.8, 4) is 0 Å². The number of para-hydroxylation sites is 1. The average Bonchev–Trinajstić information content (AvgIpc) is 2.76. The van der Waals surface area contributed by atoms with Crippen molar-refractivity contribution in [3.63, 3.8) is 0 Å². The van der Waals surface area contributed by atoms with Gasteiger partial charge in [0.2, 0.25) is 5.91 Å². The molecule has 2 amide bonds. The van der Waals surface area contributed by atoms with Crippen molar-refractivity contribution in [2.75, 3.05) is 5.32 Å². The van der Waals surface area contributed by atoms with Crippen molar-refractivity contribution in [3.05, 3.63) is 54.1 Å². The molecular weight excluding hydrogens is 348 g/mol. The van der Waals surface area contributed by atoms with Crippen molar-refractivity contribution < 1.29 is 18.0 Å². The molecule has 1 atom stereocenters. The summed E-state index contributed by atoms with van der Waals surface area (Å²) in [5.74, 6) is -1.31. The van der Waals surface area contributed by atoms with Crippen LogP contribution in [0.2, 0.25) is 0 Å². The van der Waals surface area contributed by atoms with E-state index in [-0.39, 0.29) is 10.5 Å². The first-order valence-electron chi connectivity index (χ1n) is 7.10. The Morgan fingerprint density at radius 3 is 2.42 bits per heavy atom. The largest absolute Gasteiger partial charge is 0.323 e. The molecule has 1 aliphatic heterocycles. The lowest BCUT2D eigenvalue weighted by Crippen LogP contribution is -2.45. The lowest BCUT2D eigenvalue weighted by molar-refractivity contribution is -0.118. The Labute approximate surface area is 144 Å². The topological polar surface area (TPSA) is 83.6 Å². The fourth-order valence-electron chi connectivity index (χ4n) is 2.51. The van der Waals surface area contributed by atoms with E-state index in [1.807, 2.05) is 0 Å². The van der Waals surface area contributed by atoms with E-state index >= 15 is 0 Å². The highest BCUT2D eigenvalue weighted by Gasteiger charge is 2.45. The van der Waals surface area contributed by atoms with E-state index in [0.29, 0.717) is 14.9 Å². The summed E-state index contributed by atoms with van der Waals surface area (Å²) in [4.78, 5) is 25.3. The summed E-state index contributed by atoms with van der Waals surface area (Å²) in [6, 6.07) is 11.5. The lowest BCUT2D eigenvalue weighted by Gasteiger charge is -2.22. The van der Waals surface area contributed by atoms with Gasteiger partial charge in [0.05, 0.1) is 11.3 Å². The molecular formula is C16H14N2O4S2. The van der Waals surface area contributed by atoms with E-state index in [1.54, 1.807) is 30.3 Å². The number of amides is 2. The van der Waals surface area contributed by atoms with Crippen LogP contribution in [-0.4, -0.2) is 30.6 Å². The zero-order valence-corrected chi connectivity index (χ0v) is 14.3. The van der Waals surface area contributed by atoms with Crippen LogP contribution in [0.15, 0.2) is 58.3 Å². The smallest absolute Gasteiger partial charge is 0.269 e. The van der Waals surface area contributed by atoms with Crippen LogP contribution in [0.3, 0.4) is 0 Å². The second-order valence-electron chi connectivity index (χ2n) is 5.28. The van der Waals surface area contributed by atoms with Crippen LogP contribution >= 0.6 is 12.6 Å². The molecule has 0 aromatic heterocycles. The number of fused-ring (bicyclic) bond motifs is 1. The Kier molecular flexibility index (Phi) is 4.10. The minimum absolute atomic E-state index is 0.0757. The molecule has 6 nitrogen and oxygen atoms in total. The van der Waals surface area contributed by atoms with Gasteiger partial charge in [-0.25, -0.2) is 12.7 Å². The van der Waals surface area contributed by atoms with Crippen molar-refractivity contribution in [1.29, 1.82) is 0 Å². The normalized spacial score (nSPS) is 16.6. The van der Waals surface area contributed by atoms with Crippen molar-refractivity contribution in [2.45, 2.75) is 22.8 Å². The molecule has 0 spiro atoms. The van der Waals surface area contributed by atoms with E-state index in [0.717, 1.165) is 0 Å². The molecule has 124 valence electrons. The van der Waals surface area contributed by atoms with Gasteiger partial charge in [-0.15, -0.1) is 12.6 Å². The Hall–Kier alpha value is -2.32. The second-order valence-corrected chi connectivity index (χ2v) is 7.55. The third kappa shape index (κ3) is 2.57. The Balaban J connectivity index is 1.91. The zero-order valence-electron chi connectivity index (χ0n) is 12.6. The molecule has 1 aliphatic rings. The Bertz CT molecular complexity index is 941. The fraction of sp³-hybridized carbons (Fsp3) is 0.125. The zero-order chi connectivity index (χ0) is 17.5. The Morgan fingerprint density at radius 1 is 1.12 bits per heavy atom. The number of benzene rings is 2. The Morgan fingerprint density at radius 2 is 1.75 bits per heavy atom. The molecule has 0 bridgehead atoms. The highest BCUT2D eigenvalue weighted by Crippen LogP contribution is 2.32. The molecule has 2 aromatic rings. The fourth-order valence-corrected chi connectivity index (χ4v) is 4.45. The molecule has 0 aliphatic carbocycles. The number of anilines is 1. The van der Waals surface area contributed by atoms with Gasteiger partial charge in [-0.3, -0.25) is 9.59 Å². The van der Waals surface area contributed by atoms with E-state index in [4.69, 9.17) is 0 Å². The number of carbonyl (C=O) groups is 2. The molecule has 2 aromatic carbocycles. The molecule has 24 heavy (non-hydrogen) atoms. The van der Waals surface area contributed by atoms with Crippen LogP contribution in [0.25, 0.3) is 0 Å². The van der Waals surface area contributed by atoms with Crippen LogP contribution in [0.4, 0.5) is 5.69 Å². The van der Waals surface area contributed by atoms with Gasteiger partial charge in [0, 0.05) is 4.90 Å². The van der Waals surface area contributed by atoms with Crippen LogP contribution in [0, 0.1) is 0 Å². The molecule has 1 N–H and O–H groups in total. The van der Waals surface area contributed by atoms with E-state index in [2.05, 4.69) is 17.9 Å². The minimum Gasteiger partial charge on any atom is -0.323 e. The molecule has 0 unspecified atom stereocenters. The summed E-state index contributed by atoms with van der Waals surface area (Å²) < 4.78 is 25.8. The summed E-state index contributed by atoms with van der Waals surface area (Å²) in [5.41, 5.74) is 0.519. The van der Waals surface area contributed by atoms with Crippen LogP contribution < -0.4 is 5.32 Å². The first kappa shape index (κ1) is 16.5. The van der Waals surface area contributed by atoms with Crippen LogP contribution in [0.1, 0.15) is 17.3 Å². The van der Waals surface area contributed by atoms with Gasteiger partial charge in [-0.2, -0.15) is 0 Å². The van der Waals surface area contributed by atoms with Crippen LogP contribution in [0.5, 0.6) is 0 Å². The summed E-state index contributed by atoms with van der Waals surface area (Å²) in [5, 5.41) is 2.60. The van der Waals surface area contributed by atoms with Gasteiger partial charge >= 0.3 is 0 Å². The molecule has 0 radical (unpaired) electrons. The summed E-state index contributed by atoms with van der Waals surface area (Å²) >= 11 is 4.23. The second kappa shape index (κ2) is 5.95. The molecule has 8 heteroatoms. The average molecular weight is 362 g/mol. The monoisotopic (exact) mass is 362 g/mol. The van der Waals surface area contributed by atoms with E-state index < -0.39 is 27.9 Å². The summed E-state index contributed by atoms with van der Waals surface area (Å²) in [6.45, 7) is 1.37. The highest BCUT2D eigenvalue weighted by atomic mass is 32.2. The first-order chi connectivity index (χ1) is 11.3. The number of sulfonamides is 1. The number of hydrogen-bond donors (Lipinski definition) is 2. The number of carbonyl (C=O) groups excluding carboxylic acids is 2. The van der Waals surface area contributed by atoms with Gasteiger partial charge < -0.3 is 5.32 Å². The standard InChI is InChI=1S/C16H14N2O4S2/c1-10(15(19)17-12-7-3-4-8-13(12)23)18-16(20)11-6-2-5-9-14(11)24(18,21)22/h2-10,23H,1H3,(H,17,19)/t10-/m1/s1. The predicted octanol–water partition coefficient (Wildman–Crippen LogP) is 2.15. The van der Waals surface area contributed by atoms with Gasteiger partial charge in [0.15, 0.2) is 0 Å². The molecule has 0 saturated heterocycles. The van der Waals surface area contributed by atoms with E-state index in [1.165, 1.54) is 25.1 Å². The maximum Gasteiger partial charge on any atom is 0.269 e. The number of rotatable bonds is 3. The predicted molar refractivity (Wildman–Crippen MR) is 91.6 cm³/mol. The van der Waals surface area contributed by atoms with Gasteiger partial charge in [0.25, 0.3) is 15.9 Å². The van der Waals surface area contributed by atoms with Crippen molar-refractivity contribution in [1.82, 2.24) is 4.31 Å². The number of nitrogens with zero attached hydrogens (tertiary/aromatic N) is 1. The quantitative estimate of drug-likeness (QED) is 0.820. The van der Waals surface area contributed by atoms with Crippen molar-refractivity contribution >= 4 is 40.2 Å². The van der Waals surface area contributed by atoms with Crippen molar-refractivity contribution in [2.24, 2.45) is 0 Å². The van der Waals surface area contributed by atoms with E-state index in [9.17, 15) is 18.0 Å². The maximum absolute atomic E-state index is 12.6. The molecule has 1 heterocycles. The number of nitrogens with one attached hydrogen (secondary N) is 1. The first-order valence-corrected chi connectivity index (χ1v) is 8.99. The van der Waals surface area contributed by atoms with Gasteiger partial charge in [0.1, 0.15) is 10.9 Å². The summed E-state index contributed by atoms with van der Waals surface area (Å²) in [6.07, 6.45) is 0. The highest BCUT2D eigenvalue weighted by molar-refractivity contribution is 7.90. The molecule has 3 rings (SSSR count). The maximum atomic E-state index is 12.6. The third-order valence-electron chi connectivity index (χ3n) is 3.75. The molecule has 0 saturated carbocycles. The van der Waals surface area contributed by atoms with Gasteiger partial charge in [-0.1, -0.05) is 24.3 Å².